The predicted octanol–water partition coefficient (Wildman–Crippen LogP) is 2.52. The molecule has 0 bridgehead atoms. The van der Waals surface area contributed by atoms with E-state index in [-0.39, 0.29) is 11.7 Å². The summed E-state index contributed by atoms with van der Waals surface area (Å²) in [6, 6.07) is 14.7. The lowest BCUT2D eigenvalue weighted by atomic mass is 10.00. The molecule has 0 aliphatic rings. The van der Waals surface area contributed by atoms with Crippen LogP contribution in [0.1, 0.15) is 11.5 Å². The van der Waals surface area contributed by atoms with Gasteiger partial charge in [-0.2, -0.15) is 0 Å². The van der Waals surface area contributed by atoms with Crippen molar-refractivity contribution in [1.82, 2.24) is 0 Å². The van der Waals surface area contributed by atoms with Gasteiger partial charge in [0.25, 0.3) is 0 Å². The fourth-order valence-corrected chi connectivity index (χ4v) is 1.97. The second-order valence-corrected chi connectivity index (χ2v) is 4.49. The Morgan fingerprint density at radius 2 is 1.95 bits per heavy atom. The molecule has 0 saturated carbocycles. The number of hydrogen-bond donors (Lipinski definition) is 2. The Bertz CT molecular complexity index is 557. The van der Waals surface area contributed by atoms with Gasteiger partial charge in [-0.05, 0) is 29.8 Å². The predicted molar refractivity (Wildman–Crippen MR) is 78.4 cm³/mol. The van der Waals surface area contributed by atoms with Crippen molar-refractivity contribution >= 4 is 0 Å². The number of para-hydroxylation sites is 2. The van der Waals surface area contributed by atoms with E-state index in [1.807, 2.05) is 30.3 Å². The number of ether oxygens (including phenoxy) is 2. The van der Waals surface area contributed by atoms with Crippen molar-refractivity contribution in [2.45, 2.75) is 5.92 Å². The highest BCUT2D eigenvalue weighted by atomic mass is 16.5. The first-order valence-electron chi connectivity index (χ1n) is 6.49. The molecule has 4 heteroatoms. The molecule has 0 aliphatic carbocycles. The fourth-order valence-electron chi connectivity index (χ4n) is 1.97. The molecule has 0 radical (unpaired) electrons. The average molecular weight is 273 g/mol. The summed E-state index contributed by atoms with van der Waals surface area (Å²) in [5, 5.41) is 9.67. The molecule has 0 aromatic heterocycles. The van der Waals surface area contributed by atoms with Crippen LogP contribution in [0.4, 0.5) is 0 Å². The molecule has 4 nitrogen and oxygen atoms in total. The number of phenolic OH excluding ortho intramolecular Hbond substituents is 1. The third kappa shape index (κ3) is 3.42. The van der Waals surface area contributed by atoms with Gasteiger partial charge in [-0.1, -0.05) is 24.3 Å². The molecule has 0 heterocycles. The molecule has 0 spiro atoms. The fraction of sp³-hybridized carbons (Fsp3) is 0.250. The van der Waals surface area contributed by atoms with Crippen LogP contribution < -0.4 is 15.2 Å². The maximum Gasteiger partial charge on any atom is 0.160 e. The van der Waals surface area contributed by atoms with Gasteiger partial charge < -0.3 is 20.3 Å². The molecular weight excluding hydrogens is 254 g/mol. The Morgan fingerprint density at radius 1 is 1.15 bits per heavy atom. The van der Waals surface area contributed by atoms with Crippen LogP contribution in [0, 0.1) is 0 Å². The van der Waals surface area contributed by atoms with E-state index in [1.54, 1.807) is 25.3 Å². The Morgan fingerprint density at radius 3 is 2.65 bits per heavy atom. The van der Waals surface area contributed by atoms with Crippen LogP contribution >= 0.6 is 0 Å². The van der Waals surface area contributed by atoms with Gasteiger partial charge in [0.1, 0.15) is 5.75 Å². The summed E-state index contributed by atoms with van der Waals surface area (Å²) in [5.41, 5.74) is 6.87. The number of phenols is 1. The van der Waals surface area contributed by atoms with E-state index in [2.05, 4.69) is 0 Å². The van der Waals surface area contributed by atoms with Crippen LogP contribution in [0.15, 0.2) is 48.5 Å². The molecular formula is C16H19NO3. The van der Waals surface area contributed by atoms with Crippen LogP contribution in [0.2, 0.25) is 0 Å². The van der Waals surface area contributed by atoms with Crippen LogP contribution in [-0.4, -0.2) is 25.4 Å². The molecule has 2 aromatic rings. The highest BCUT2D eigenvalue weighted by molar-refractivity contribution is 5.38. The summed E-state index contributed by atoms with van der Waals surface area (Å²) in [6.07, 6.45) is 0. The summed E-state index contributed by atoms with van der Waals surface area (Å²) in [6.45, 7) is 0.863. The van der Waals surface area contributed by atoms with Gasteiger partial charge >= 0.3 is 0 Å². The van der Waals surface area contributed by atoms with Gasteiger partial charge in [-0.15, -0.1) is 0 Å². The number of rotatable bonds is 6. The summed E-state index contributed by atoms with van der Waals surface area (Å²) in [4.78, 5) is 0. The van der Waals surface area contributed by atoms with Gasteiger partial charge in [-0.3, -0.25) is 0 Å². The van der Waals surface area contributed by atoms with Gasteiger partial charge in [0.05, 0.1) is 13.7 Å². The third-order valence-corrected chi connectivity index (χ3v) is 3.15. The first-order valence-corrected chi connectivity index (χ1v) is 6.49. The second-order valence-electron chi connectivity index (χ2n) is 4.49. The maximum atomic E-state index is 9.67. The zero-order valence-electron chi connectivity index (χ0n) is 11.5. The van der Waals surface area contributed by atoms with E-state index in [0.717, 1.165) is 11.3 Å². The lowest BCUT2D eigenvalue weighted by molar-refractivity contribution is 0.276. The van der Waals surface area contributed by atoms with Gasteiger partial charge in [0.2, 0.25) is 0 Å². The van der Waals surface area contributed by atoms with Gasteiger partial charge in [-0.25, -0.2) is 0 Å². The Hall–Kier alpha value is -2.20. The van der Waals surface area contributed by atoms with Crippen LogP contribution in [-0.2, 0) is 0 Å². The lowest BCUT2D eigenvalue weighted by Gasteiger charge is -2.17. The van der Waals surface area contributed by atoms with E-state index < -0.39 is 0 Å². The van der Waals surface area contributed by atoms with Crippen LogP contribution in [0.5, 0.6) is 17.2 Å². The lowest BCUT2D eigenvalue weighted by Crippen LogP contribution is -2.19. The smallest absolute Gasteiger partial charge is 0.160 e. The SMILES string of the molecule is COc1cccc(C(CN)COc2ccccc2O)c1. The molecule has 1 unspecified atom stereocenters. The van der Waals surface area contributed by atoms with Gasteiger partial charge in [0.15, 0.2) is 11.5 Å². The van der Waals surface area contributed by atoms with Crippen molar-refractivity contribution in [3.63, 3.8) is 0 Å². The van der Waals surface area contributed by atoms with Gasteiger partial charge in [0, 0.05) is 12.5 Å². The van der Waals surface area contributed by atoms with Crippen molar-refractivity contribution in [1.29, 1.82) is 0 Å². The standard InChI is InChI=1S/C16H19NO3/c1-19-14-6-4-5-12(9-14)13(10-17)11-20-16-8-3-2-7-15(16)18/h2-9,13,18H,10-11,17H2,1H3. The number of nitrogens with two attached hydrogens (primary N) is 1. The zero-order chi connectivity index (χ0) is 14.4. The maximum absolute atomic E-state index is 9.67. The average Bonchev–Trinajstić information content (AvgIpc) is 2.50. The van der Waals surface area contributed by atoms with E-state index in [9.17, 15) is 5.11 Å². The molecule has 2 aromatic carbocycles. The monoisotopic (exact) mass is 273 g/mol. The molecule has 3 N–H and O–H groups in total. The number of hydrogen-bond acceptors (Lipinski definition) is 4. The normalized spacial score (nSPS) is 11.9. The number of benzene rings is 2. The quantitative estimate of drug-likeness (QED) is 0.849. The summed E-state index contributed by atoms with van der Waals surface area (Å²) in [7, 11) is 1.63. The number of aromatic hydroxyl groups is 1. The van der Waals surface area contributed by atoms with Crippen LogP contribution in [0.25, 0.3) is 0 Å². The summed E-state index contributed by atoms with van der Waals surface area (Å²) < 4.78 is 10.9. The van der Waals surface area contributed by atoms with Crippen molar-refractivity contribution in [3.05, 3.63) is 54.1 Å². The minimum atomic E-state index is 0.0460. The Kier molecular flexibility index (Phi) is 4.85. The topological polar surface area (TPSA) is 64.7 Å². The van der Waals surface area contributed by atoms with E-state index >= 15 is 0 Å². The molecule has 2 rings (SSSR count). The van der Waals surface area contributed by atoms with Crippen molar-refractivity contribution in [2.75, 3.05) is 20.3 Å². The minimum absolute atomic E-state index is 0.0460. The zero-order valence-corrected chi connectivity index (χ0v) is 11.5. The highest BCUT2D eigenvalue weighted by Gasteiger charge is 2.12. The van der Waals surface area contributed by atoms with E-state index in [4.69, 9.17) is 15.2 Å². The Balaban J connectivity index is 2.07. The first kappa shape index (κ1) is 14.2. The molecule has 0 fully saturated rings. The minimum Gasteiger partial charge on any atom is -0.504 e. The summed E-state index contributed by atoms with van der Waals surface area (Å²) >= 11 is 0. The van der Waals surface area contributed by atoms with Crippen molar-refractivity contribution in [3.8, 4) is 17.2 Å². The molecule has 106 valence electrons. The first-order chi connectivity index (χ1) is 9.74. The second kappa shape index (κ2) is 6.82. The van der Waals surface area contributed by atoms with E-state index in [0.29, 0.717) is 18.9 Å². The van der Waals surface area contributed by atoms with Crippen molar-refractivity contribution < 1.29 is 14.6 Å². The van der Waals surface area contributed by atoms with Crippen LogP contribution in [0.3, 0.4) is 0 Å². The molecule has 0 amide bonds. The Labute approximate surface area is 118 Å². The van der Waals surface area contributed by atoms with Crippen molar-refractivity contribution in [2.24, 2.45) is 5.73 Å². The molecule has 20 heavy (non-hydrogen) atoms. The summed E-state index contributed by atoms with van der Waals surface area (Å²) in [5.74, 6) is 1.44. The highest BCUT2D eigenvalue weighted by Crippen LogP contribution is 2.27. The van der Waals surface area contributed by atoms with E-state index in [1.165, 1.54) is 0 Å². The molecule has 0 aliphatic heterocycles. The molecule has 1 atom stereocenters. The largest absolute Gasteiger partial charge is 0.504 e. The number of methoxy groups -OCH3 is 1. The molecule has 0 saturated heterocycles. The third-order valence-electron chi connectivity index (χ3n) is 3.15.